The zero-order valence-corrected chi connectivity index (χ0v) is 12.5. The normalized spacial score (nSPS) is 12.8. The predicted octanol–water partition coefficient (Wildman–Crippen LogP) is 2.73. The minimum absolute atomic E-state index is 0.347. The molecule has 106 valence electrons. The molecule has 0 fully saturated rings. The fourth-order valence-corrected chi connectivity index (χ4v) is 2.03. The standard InChI is InChI=1S/C15H24N2O2/c1-11(2)8-12(3)17(4)10-14-7-6-13(9-16-14)15(18)19-5/h6-7,9,11-12H,8,10H2,1-5H3. The van der Waals surface area contributed by atoms with Crippen molar-refractivity contribution in [3.05, 3.63) is 29.6 Å². The molecule has 1 rings (SSSR count). The van der Waals surface area contributed by atoms with Crippen LogP contribution in [0.4, 0.5) is 0 Å². The fourth-order valence-electron chi connectivity index (χ4n) is 2.03. The van der Waals surface area contributed by atoms with E-state index in [0.717, 1.165) is 18.7 Å². The van der Waals surface area contributed by atoms with E-state index in [-0.39, 0.29) is 5.97 Å². The van der Waals surface area contributed by atoms with E-state index < -0.39 is 0 Å². The molecule has 0 aliphatic rings. The summed E-state index contributed by atoms with van der Waals surface area (Å²) < 4.78 is 4.65. The van der Waals surface area contributed by atoms with E-state index in [2.05, 4.69) is 42.4 Å². The van der Waals surface area contributed by atoms with Gasteiger partial charge in [-0.25, -0.2) is 4.79 Å². The summed E-state index contributed by atoms with van der Waals surface area (Å²) in [5.41, 5.74) is 1.45. The summed E-state index contributed by atoms with van der Waals surface area (Å²) in [5.74, 6) is 0.340. The van der Waals surface area contributed by atoms with Crippen molar-refractivity contribution in [2.45, 2.75) is 39.8 Å². The van der Waals surface area contributed by atoms with Crippen LogP contribution < -0.4 is 0 Å². The summed E-state index contributed by atoms with van der Waals surface area (Å²) in [6.45, 7) is 7.47. The van der Waals surface area contributed by atoms with E-state index in [0.29, 0.717) is 17.5 Å². The van der Waals surface area contributed by atoms with E-state index in [1.807, 2.05) is 6.07 Å². The zero-order valence-electron chi connectivity index (χ0n) is 12.5. The summed E-state index contributed by atoms with van der Waals surface area (Å²) in [6.07, 6.45) is 2.73. The van der Waals surface area contributed by atoms with Crippen molar-refractivity contribution < 1.29 is 9.53 Å². The van der Waals surface area contributed by atoms with Gasteiger partial charge in [-0.1, -0.05) is 13.8 Å². The molecule has 19 heavy (non-hydrogen) atoms. The topological polar surface area (TPSA) is 42.4 Å². The van der Waals surface area contributed by atoms with Gasteiger partial charge in [0.15, 0.2) is 0 Å². The zero-order chi connectivity index (χ0) is 14.4. The number of hydrogen-bond acceptors (Lipinski definition) is 4. The average Bonchev–Trinajstić information content (AvgIpc) is 2.37. The van der Waals surface area contributed by atoms with Gasteiger partial charge < -0.3 is 4.74 Å². The van der Waals surface area contributed by atoms with E-state index >= 15 is 0 Å². The molecule has 1 heterocycles. The van der Waals surface area contributed by atoms with Crippen LogP contribution in [0.2, 0.25) is 0 Å². The Morgan fingerprint density at radius 1 is 1.37 bits per heavy atom. The first-order valence-corrected chi connectivity index (χ1v) is 6.67. The molecule has 0 aliphatic carbocycles. The molecule has 0 radical (unpaired) electrons. The second kappa shape index (κ2) is 7.24. The Hall–Kier alpha value is -1.42. The lowest BCUT2D eigenvalue weighted by Crippen LogP contribution is -2.30. The first-order valence-electron chi connectivity index (χ1n) is 6.67. The third-order valence-electron chi connectivity index (χ3n) is 3.22. The SMILES string of the molecule is COC(=O)c1ccc(CN(C)C(C)CC(C)C)nc1. The Bertz CT molecular complexity index is 401. The third kappa shape index (κ3) is 4.99. The molecule has 1 atom stereocenters. The number of ether oxygens (including phenoxy) is 1. The maximum Gasteiger partial charge on any atom is 0.339 e. The molecular formula is C15H24N2O2. The molecule has 0 N–H and O–H groups in total. The molecule has 0 spiro atoms. The molecular weight excluding hydrogens is 240 g/mol. The molecule has 1 aromatic rings. The van der Waals surface area contributed by atoms with Gasteiger partial charge in [0.25, 0.3) is 0 Å². The van der Waals surface area contributed by atoms with Crippen LogP contribution in [0, 0.1) is 5.92 Å². The van der Waals surface area contributed by atoms with Gasteiger partial charge in [0.05, 0.1) is 18.4 Å². The van der Waals surface area contributed by atoms with E-state index in [1.54, 1.807) is 12.3 Å². The maximum atomic E-state index is 11.3. The second-order valence-electron chi connectivity index (χ2n) is 5.42. The van der Waals surface area contributed by atoms with Gasteiger partial charge in [0.2, 0.25) is 0 Å². The van der Waals surface area contributed by atoms with Crippen LogP contribution in [-0.4, -0.2) is 36.1 Å². The number of aromatic nitrogens is 1. The van der Waals surface area contributed by atoms with Crippen LogP contribution in [-0.2, 0) is 11.3 Å². The Labute approximate surface area is 115 Å². The van der Waals surface area contributed by atoms with E-state index in [4.69, 9.17) is 0 Å². The number of carbonyl (C=O) groups is 1. The minimum Gasteiger partial charge on any atom is -0.465 e. The van der Waals surface area contributed by atoms with Crippen molar-refractivity contribution in [3.63, 3.8) is 0 Å². The van der Waals surface area contributed by atoms with Crippen LogP contribution in [0.25, 0.3) is 0 Å². The molecule has 0 saturated carbocycles. The van der Waals surface area contributed by atoms with Gasteiger partial charge in [-0.15, -0.1) is 0 Å². The summed E-state index contributed by atoms with van der Waals surface area (Å²) in [6, 6.07) is 4.15. The molecule has 0 bridgehead atoms. The van der Waals surface area contributed by atoms with Gasteiger partial charge in [-0.2, -0.15) is 0 Å². The Kier molecular flexibility index (Phi) is 5.96. The quantitative estimate of drug-likeness (QED) is 0.741. The molecule has 0 saturated heterocycles. The van der Waals surface area contributed by atoms with Crippen molar-refractivity contribution in [2.75, 3.05) is 14.2 Å². The van der Waals surface area contributed by atoms with E-state index in [1.165, 1.54) is 7.11 Å². The lowest BCUT2D eigenvalue weighted by molar-refractivity contribution is 0.0600. The number of nitrogens with zero attached hydrogens (tertiary/aromatic N) is 2. The highest BCUT2D eigenvalue weighted by molar-refractivity contribution is 5.88. The van der Waals surface area contributed by atoms with E-state index in [9.17, 15) is 4.79 Å². The number of carbonyl (C=O) groups excluding carboxylic acids is 1. The highest BCUT2D eigenvalue weighted by Crippen LogP contribution is 2.12. The van der Waals surface area contributed by atoms with Gasteiger partial charge in [0.1, 0.15) is 0 Å². The fraction of sp³-hybridized carbons (Fsp3) is 0.600. The minimum atomic E-state index is -0.347. The lowest BCUT2D eigenvalue weighted by Gasteiger charge is -2.25. The van der Waals surface area contributed by atoms with Crippen LogP contribution in [0.3, 0.4) is 0 Å². The number of hydrogen-bond donors (Lipinski definition) is 0. The van der Waals surface area contributed by atoms with Gasteiger partial charge in [0, 0.05) is 18.8 Å². The molecule has 4 heteroatoms. The number of pyridine rings is 1. The number of rotatable bonds is 6. The summed E-state index contributed by atoms with van der Waals surface area (Å²) in [7, 11) is 3.47. The predicted molar refractivity (Wildman–Crippen MR) is 76.0 cm³/mol. The van der Waals surface area contributed by atoms with Crippen molar-refractivity contribution >= 4 is 5.97 Å². The first-order chi connectivity index (χ1) is 8.93. The molecule has 4 nitrogen and oxygen atoms in total. The molecule has 1 unspecified atom stereocenters. The lowest BCUT2D eigenvalue weighted by atomic mass is 10.0. The van der Waals surface area contributed by atoms with Gasteiger partial charge in [-0.3, -0.25) is 9.88 Å². The number of methoxy groups -OCH3 is 1. The van der Waals surface area contributed by atoms with Crippen LogP contribution in [0.1, 0.15) is 43.2 Å². The Morgan fingerprint density at radius 3 is 2.53 bits per heavy atom. The van der Waals surface area contributed by atoms with Crippen LogP contribution >= 0.6 is 0 Å². The van der Waals surface area contributed by atoms with Crippen molar-refractivity contribution in [3.8, 4) is 0 Å². The summed E-state index contributed by atoms with van der Waals surface area (Å²) in [4.78, 5) is 17.9. The van der Waals surface area contributed by atoms with Crippen molar-refractivity contribution in [2.24, 2.45) is 5.92 Å². The van der Waals surface area contributed by atoms with Gasteiger partial charge in [-0.05, 0) is 38.4 Å². The highest BCUT2D eigenvalue weighted by Gasteiger charge is 2.12. The highest BCUT2D eigenvalue weighted by atomic mass is 16.5. The smallest absolute Gasteiger partial charge is 0.339 e. The third-order valence-corrected chi connectivity index (χ3v) is 3.22. The van der Waals surface area contributed by atoms with Crippen LogP contribution in [0.15, 0.2) is 18.3 Å². The Morgan fingerprint density at radius 2 is 2.05 bits per heavy atom. The monoisotopic (exact) mass is 264 g/mol. The molecule has 0 aromatic carbocycles. The van der Waals surface area contributed by atoms with Crippen LogP contribution in [0.5, 0.6) is 0 Å². The second-order valence-corrected chi connectivity index (χ2v) is 5.42. The van der Waals surface area contributed by atoms with Crippen molar-refractivity contribution in [1.82, 2.24) is 9.88 Å². The average molecular weight is 264 g/mol. The largest absolute Gasteiger partial charge is 0.465 e. The molecule has 0 amide bonds. The summed E-state index contributed by atoms with van der Waals surface area (Å²) in [5, 5.41) is 0. The van der Waals surface area contributed by atoms with Crippen molar-refractivity contribution in [1.29, 1.82) is 0 Å². The molecule has 1 aromatic heterocycles. The maximum absolute atomic E-state index is 11.3. The number of esters is 1. The first kappa shape index (κ1) is 15.6. The van der Waals surface area contributed by atoms with Gasteiger partial charge >= 0.3 is 5.97 Å². The molecule has 0 aliphatic heterocycles. The Balaban J connectivity index is 2.60. The summed E-state index contributed by atoms with van der Waals surface area (Å²) >= 11 is 0.